The van der Waals surface area contributed by atoms with Crippen molar-refractivity contribution in [3.63, 3.8) is 0 Å². The van der Waals surface area contributed by atoms with Crippen molar-refractivity contribution in [2.75, 3.05) is 0 Å². The number of amides is 1. The molecule has 0 bridgehead atoms. The summed E-state index contributed by atoms with van der Waals surface area (Å²) in [4.78, 5) is 25.5. The van der Waals surface area contributed by atoms with Crippen molar-refractivity contribution in [1.29, 1.82) is 0 Å². The van der Waals surface area contributed by atoms with Gasteiger partial charge in [0.15, 0.2) is 14.6 Å². The number of carbonyl (C=O) groups excluding carboxylic acids is 1. The minimum Gasteiger partial charge on any atom is -0.480 e. The van der Waals surface area contributed by atoms with E-state index in [1.807, 2.05) is 54.6 Å². The summed E-state index contributed by atoms with van der Waals surface area (Å²) < 4.78 is 25.3. The van der Waals surface area contributed by atoms with Crippen molar-refractivity contribution in [3.8, 4) is 11.1 Å². The number of aliphatic carboxylic acids is 1. The molecule has 1 atom stereocenters. The Hall–Kier alpha value is -3.45. The molecule has 0 saturated heterocycles. The minimum atomic E-state index is -3.98. The van der Waals surface area contributed by atoms with Crippen molar-refractivity contribution in [2.45, 2.75) is 47.8 Å². The van der Waals surface area contributed by atoms with Crippen LogP contribution in [0.4, 0.5) is 0 Å². The Bertz CT molecular complexity index is 1250. The van der Waals surface area contributed by atoms with E-state index >= 15 is 0 Å². The van der Waals surface area contributed by atoms with E-state index in [0.29, 0.717) is 12.8 Å². The third-order valence-corrected chi connectivity index (χ3v) is 9.01. The molecule has 1 aliphatic carbocycles. The van der Waals surface area contributed by atoms with Gasteiger partial charge in [0, 0.05) is 6.42 Å². The molecule has 0 unspecified atom stereocenters. The fourth-order valence-electron chi connectivity index (χ4n) is 4.58. The Kier molecular flexibility index (Phi) is 6.84. The summed E-state index contributed by atoms with van der Waals surface area (Å²) in [6.07, 6.45) is 1.59. The number of carboxylic acids is 1. The monoisotopic (exact) mass is 477 g/mol. The van der Waals surface area contributed by atoms with E-state index in [4.69, 9.17) is 0 Å². The lowest BCUT2D eigenvalue weighted by molar-refractivity contribution is -0.142. The fourth-order valence-corrected chi connectivity index (χ4v) is 6.67. The van der Waals surface area contributed by atoms with E-state index in [1.54, 1.807) is 18.2 Å². The molecule has 2 N–H and O–H groups in total. The highest BCUT2D eigenvalue weighted by Crippen LogP contribution is 2.41. The summed E-state index contributed by atoms with van der Waals surface area (Å²) in [7, 11) is -3.98. The van der Waals surface area contributed by atoms with Crippen LogP contribution in [0.15, 0.2) is 89.8 Å². The maximum absolute atomic E-state index is 13.5. The van der Waals surface area contributed by atoms with Crippen LogP contribution >= 0.6 is 0 Å². The van der Waals surface area contributed by atoms with Crippen molar-refractivity contribution in [2.24, 2.45) is 0 Å². The average Bonchev–Trinajstić information content (AvgIpc) is 3.37. The Labute approximate surface area is 199 Å². The molecule has 6 nitrogen and oxygen atoms in total. The van der Waals surface area contributed by atoms with Gasteiger partial charge in [0.05, 0.1) is 4.90 Å². The van der Waals surface area contributed by atoms with Crippen molar-refractivity contribution in [1.82, 2.24) is 5.32 Å². The van der Waals surface area contributed by atoms with Crippen LogP contribution in [0.5, 0.6) is 0 Å². The number of benzene rings is 3. The van der Waals surface area contributed by atoms with Crippen LogP contribution in [0.25, 0.3) is 11.1 Å². The molecule has 34 heavy (non-hydrogen) atoms. The topological polar surface area (TPSA) is 101 Å². The maximum atomic E-state index is 13.5. The molecule has 4 rings (SSSR count). The summed E-state index contributed by atoms with van der Waals surface area (Å²) >= 11 is 0. The Morgan fingerprint density at radius 3 is 1.91 bits per heavy atom. The number of sulfone groups is 1. The quantitative estimate of drug-likeness (QED) is 0.505. The zero-order valence-corrected chi connectivity index (χ0v) is 19.5. The van der Waals surface area contributed by atoms with Gasteiger partial charge in [-0.05, 0) is 41.7 Å². The second-order valence-electron chi connectivity index (χ2n) is 8.65. The SMILES string of the molecule is O=C(O)[C@H](Cc1ccc(-c2ccccc2)cc1)NC(=O)C1(S(=O)(=O)c2ccccc2)CCCC1. The van der Waals surface area contributed by atoms with E-state index in [-0.39, 0.29) is 24.2 Å². The second-order valence-corrected chi connectivity index (χ2v) is 10.9. The fraction of sp³-hybridized carbons (Fsp3) is 0.259. The van der Waals surface area contributed by atoms with E-state index < -0.39 is 32.5 Å². The number of hydrogen-bond donors (Lipinski definition) is 2. The third-order valence-electron chi connectivity index (χ3n) is 6.50. The van der Waals surface area contributed by atoms with Gasteiger partial charge in [-0.2, -0.15) is 0 Å². The molecule has 1 amide bonds. The second kappa shape index (κ2) is 9.81. The first-order valence-corrected chi connectivity index (χ1v) is 12.8. The largest absolute Gasteiger partial charge is 0.480 e. The van der Waals surface area contributed by atoms with Gasteiger partial charge in [-0.3, -0.25) is 4.79 Å². The van der Waals surface area contributed by atoms with Gasteiger partial charge < -0.3 is 10.4 Å². The van der Waals surface area contributed by atoms with Gasteiger partial charge in [0.2, 0.25) is 5.91 Å². The highest BCUT2D eigenvalue weighted by atomic mass is 32.2. The predicted molar refractivity (Wildman–Crippen MR) is 130 cm³/mol. The highest BCUT2D eigenvalue weighted by Gasteiger charge is 2.53. The van der Waals surface area contributed by atoms with Gasteiger partial charge in [-0.15, -0.1) is 0 Å². The van der Waals surface area contributed by atoms with E-state index in [0.717, 1.165) is 16.7 Å². The van der Waals surface area contributed by atoms with Crippen LogP contribution in [0.3, 0.4) is 0 Å². The molecule has 1 aliphatic rings. The summed E-state index contributed by atoms with van der Waals surface area (Å²) in [6.45, 7) is 0. The molecular formula is C27H27NO5S. The van der Waals surface area contributed by atoms with Crippen LogP contribution in [-0.4, -0.2) is 36.2 Å². The first-order chi connectivity index (χ1) is 16.3. The van der Waals surface area contributed by atoms with Crippen LogP contribution in [0.2, 0.25) is 0 Å². The lowest BCUT2D eigenvalue weighted by atomic mass is 9.99. The first-order valence-electron chi connectivity index (χ1n) is 11.3. The molecule has 1 saturated carbocycles. The molecule has 0 aliphatic heterocycles. The number of carbonyl (C=O) groups is 2. The normalized spacial score (nSPS) is 16.0. The van der Waals surface area contributed by atoms with Crippen molar-refractivity contribution < 1.29 is 23.1 Å². The standard InChI is InChI=1S/C27H27NO5S/c29-25(30)24(19-20-13-15-22(16-14-20)21-9-3-1-4-10-21)28-26(31)27(17-7-8-18-27)34(32,33)23-11-5-2-6-12-23/h1-6,9-16,24H,7-8,17-19H2,(H,28,31)(H,29,30)/t24-/m0/s1. The molecule has 0 aromatic heterocycles. The number of nitrogens with one attached hydrogen (secondary N) is 1. The molecular weight excluding hydrogens is 450 g/mol. The van der Waals surface area contributed by atoms with Gasteiger partial charge in [0.1, 0.15) is 6.04 Å². The zero-order chi connectivity index (χ0) is 24.2. The van der Waals surface area contributed by atoms with Crippen LogP contribution in [-0.2, 0) is 25.8 Å². The Morgan fingerprint density at radius 2 is 1.35 bits per heavy atom. The highest BCUT2D eigenvalue weighted by molar-refractivity contribution is 7.93. The van der Waals surface area contributed by atoms with E-state index in [1.165, 1.54) is 12.1 Å². The summed E-state index contributed by atoms with van der Waals surface area (Å²) in [6, 6.07) is 23.9. The van der Waals surface area contributed by atoms with Crippen LogP contribution in [0.1, 0.15) is 31.2 Å². The number of rotatable bonds is 8. The van der Waals surface area contributed by atoms with Crippen molar-refractivity contribution >= 4 is 21.7 Å². The minimum absolute atomic E-state index is 0.0532. The lowest BCUT2D eigenvalue weighted by Crippen LogP contribution is -2.55. The molecule has 1 fully saturated rings. The van der Waals surface area contributed by atoms with Gasteiger partial charge in [-0.25, -0.2) is 13.2 Å². The lowest BCUT2D eigenvalue weighted by Gasteiger charge is -2.29. The molecule has 0 spiro atoms. The van der Waals surface area contributed by atoms with Gasteiger partial charge >= 0.3 is 5.97 Å². The third kappa shape index (κ3) is 4.61. The first kappa shape index (κ1) is 23.7. The molecule has 3 aromatic rings. The maximum Gasteiger partial charge on any atom is 0.326 e. The number of carboxylic acid groups (broad SMARTS) is 1. The summed E-state index contributed by atoms with van der Waals surface area (Å²) in [5, 5.41) is 12.4. The Balaban J connectivity index is 1.55. The van der Waals surface area contributed by atoms with Crippen LogP contribution < -0.4 is 5.32 Å². The average molecular weight is 478 g/mol. The van der Waals surface area contributed by atoms with Gasteiger partial charge in [-0.1, -0.05) is 85.6 Å². The molecule has 3 aromatic carbocycles. The zero-order valence-electron chi connectivity index (χ0n) is 18.7. The molecule has 176 valence electrons. The van der Waals surface area contributed by atoms with Crippen LogP contribution in [0, 0.1) is 0 Å². The van der Waals surface area contributed by atoms with E-state index in [9.17, 15) is 23.1 Å². The predicted octanol–water partition coefficient (Wildman–Crippen LogP) is 4.25. The summed E-state index contributed by atoms with van der Waals surface area (Å²) in [5.74, 6) is -1.94. The smallest absolute Gasteiger partial charge is 0.326 e. The number of hydrogen-bond acceptors (Lipinski definition) is 4. The van der Waals surface area contributed by atoms with E-state index in [2.05, 4.69) is 5.32 Å². The Morgan fingerprint density at radius 1 is 0.824 bits per heavy atom. The molecule has 7 heteroatoms. The summed E-state index contributed by atoms with van der Waals surface area (Å²) in [5.41, 5.74) is 2.78. The molecule has 0 heterocycles. The van der Waals surface area contributed by atoms with Crippen molar-refractivity contribution in [3.05, 3.63) is 90.5 Å². The van der Waals surface area contributed by atoms with Gasteiger partial charge in [0.25, 0.3) is 0 Å². The molecule has 0 radical (unpaired) electrons.